The average molecular weight is 251 g/mol. The standard InChI is InChI=1S/C8H8Cl2N2OS/c1-8(2)5-4(3-14(8)13)6(9)12-7(10)11-5/h3H2,1-2H3. The summed E-state index contributed by atoms with van der Waals surface area (Å²) in [5.41, 5.74) is 1.47. The van der Waals surface area contributed by atoms with Crippen molar-refractivity contribution in [1.82, 2.24) is 9.97 Å². The molecule has 0 fully saturated rings. The van der Waals surface area contributed by atoms with Crippen LogP contribution in [0.2, 0.25) is 10.4 Å². The summed E-state index contributed by atoms with van der Waals surface area (Å²) in [7, 11) is -0.994. The van der Waals surface area contributed by atoms with Gasteiger partial charge in [0.25, 0.3) is 0 Å². The van der Waals surface area contributed by atoms with E-state index in [1.807, 2.05) is 13.8 Å². The van der Waals surface area contributed by atoms with Gasteiger partial charge in [0.2, 0.25) is 5.28 Å². The van der Waals surface area contributed by atoms with Crippen molar-refractivity contribution in [2.24, 2.45) is 0 Å². The zero-order valence-electron chi connectivity index (χ0n) is 7.67. The van der Waals surface area contributed by atoms with Crippen molar-refractivity contribution in [3.8, 4) is 0 Å². The summed E-state index contributed by atoms with van der Waals surface area (Å²) in [6.45, 7) is 3.74. The summed E-state index contributed by atoms with van der Waals surface area (Å²) in [5.74, 6) is 0.415. The van der Waals surface area contributed by atoms with Crippen LogP contribution in [0.25, 0.3) is 0 Å². The van der Waals surface area contributed by atoms with Gasteiger partial charge in [-0.25, -0.2) is 9.97 Å². The Hall–Kier alpha value is -0.190. The van der Waals surface area contributed by atoms with E-state index in [9.17, 15) is 4.21 Å². The molecule has 2 heterocycles. The Morgan fingerprint density at radius 2 is 2.00 bits per heavy atom. The van der Waals surface area contributed by atoms with Crippen LogP contribution in [0.3, 0.4) is 0 Å². The van der Waals surface area contributed by atoms with Gasteiger partial charge in [-0.1, -0.05) is 11.6 Å². The first-order chi connectivity index (χ1) is 6.43. The largest absolute Gasteiger partial charge is 0.258 e. The Bertz CT molecular complexity index is 434. The van der Waals surface area contributed by atoms with Crippen LogP contribution in [0.1, 0.15) is 25.1 Å². The van der Waals surface area contributed by atoms with Crippen LogP contribution >= 0.6 is 23.2 Å². The highest BCUT2D eigenvalue weighted by atomic mass is 35.5. The normalized spacial score (nSPS) is 23.6. The molecule has 0 saturated carbocycles. The molecular weight excluding hydrogens is 243 g/mol. The summed E-state index contributed by atoms with van der Waals surface area (Å²) in [5, 5.41) is 0.430. The summed E-state index contributed by atoms with van der Waals surface area (Å²) in [6, 6.07) is 0. The first-order valence-electron chi connectivity index (χ1n) is 4.04. The van der Waals surface area contributed by atoms with Crippen LogP contribution in [-0.4, -0.2) is 14.2 Å². The van der Waals surface area contributed by atoms with Crippen LogP contribution in [0, 0.1) is 0 Å². The minimum absolute atomic E-state index is 0.112. The van der Waals surface area contributed by atoms with Gasteiger partial charge in [0.05, 0.1) is 16.2 Å². The van der Waals surface area contributed by atoms with Crippen molar-refractivity contribution in [1.29, 1.82) is 0 Å². The van der Waals surface area contributed by atoms with Gasteiger partial charge >= 0.3 is 0 Å². The third kappa shape index (κ3) is 1.36. The lowest BCUT2D eigenvalue weighted by Gasteiger charge is -2.15. The molecule has 1 aromatic rings. The van der Waals surface area contributed by atoms with Gasteiger partial charge in [-0.15, -0.1) is 0 Å². The molecule has 76 valence electrons. The fourth-order valence-electron chi connectivity index (χ4n) is 1.48. The van der Waals surface area contributed by atoms with Gasteiger partial charge in [-0.2, -0.15) is 0 Å². The maximum Gasteiger partial charge on any atom is 0.224 e. The van der Waals surface area contributed by atoms with E-state index in [0.717, 1.165) is 5.56 Å². The van der Waals surface area contributed by atoms with Crippen molar-refractivity contribution in [3.63, 3.8) is 0 Å². The van der Waals surface area contributed by atoms with E-state index < -0.39 is 15.5 Å². The fourth-order valence-corrected chi connectivity index (χ4v) is 3.29. The highest BCUT2D eigenvalue weighted by Gasteiger charge is 2.40. The molecule has 0 aliphatic carbocycles. The first kappa shape index (κ1) is 10.3. The van der Waals surface area contributed by atoms with Gasteiger partial charge in [0, 0.05) is 16.4 Å². The zero-order chi connectivity index (χ0) is 10.5. The lowest BCUT2D eigenvalue weighted by atomic mass is 10.1. The lowest BCUT2D eigenvalue weighted by molar-refractivity contribution is 0.645. The van der Waals surface area contributed by atoms with E-state index in [4.69, 9.17) is 23.2 Å². The van der Waals surface area contributed by atoms with E-state index >= 15 is 0 Å². The quantitative estimate of drug-likeness (QED) is 0.524. The summed E-state index contributed by atoms with van der Waals surface area (Å²) in [4.78, 5) is 7.93. The second-order valence-corrected chi connectivity index (χ2v) is 6.31. The molecule has 1 aliphatic heterocycles. The van der Waals surface area contributed by atoms with E-state index in [1.54, 1.807) is 0 Å². The Morgan fingerprint density at radius 1 is 1.36 bits per heavy atom. The van der Waals surface area contributed by atoms with E-state index in [0.29, 0.717) is 16.6 Å². The lowest BCUT2D eigenvalue weighted by Crippen LogP contribution is -2.19. The molecule has 3 nitrogen and oxygen atoms in total. The van der Waals surface area contributed by atoms with Crippen molar-refractivity contribution < 1.29 is 4.21 Å². The number of fused-ring (bicyclic) bond motifs is 1. The van der Waals surface area contributed by atoms with Gasteiger partial charge in [-0.3, -0.25) is 4.21 Å². The number of nitrogens with zero attached hydrogens (tertiary/aromatic N) is 2. The maximum atomic E-state index is 11.8. The van der Waals surface area contributed by atoms with Crippen molar-refractivity contribution >= 4 is 34.0 Å². The van der Waals surface area contributed by atoms with Crippen molar-refractivity contribution in [2.45, 2.75) is 24.3 Å². The molecule has 0 aromatic carbocycles. The monoisotopic (exact) mass is 250 g/mol. The molecule has 1 aromatic heterocycles. The highest BCUT2D eigenvalue weighted by molar-refractivity contribution is 7.85. The predicted molar refractivity (Wildman–Crippen MR) is 56.9 cm³/mol. The molecule has 0 saturated heterocycles. The van der Waals surface area contributed by atoms with Crippen LogP contribution in [0.15, 0.2) is 0 Å². The Morgan fingerprint density at radius 3 is 2.64 bits per heavy atom. The zero-order valence-corrected chi connectivity index (χ0v) is 10.0. The minimum atomic E-state index is -0.994. The number of rotatable bonds is 0. The molecule has 0 bridgehead atoms. The van der Waals surface area contributed by atoms with Crippen LogP contribution in [0.5, 0.6) is 0 Å². The molecule has 1 unspecified atom stereocenters. The molecular formula is C8H8Cl2N2OS. The third-order valence-corrected chi connectivity index (χ3v) is 4.71. The van der Waals surface area contributed by atoms with Crippen LogP contribution in [-0.2, 0) is 21.3 Å². The second kappa shape index (κ2) is 3.15. The predicted octanol–water partition coefficient (Wildman–Crippen LogP) is 2.28. The maximum absolute atomic E-state index is 11.8. The molecule has 0 radical (unpaired) electrons. The average Bonchev–Trinajstić information content (AvgIpc) is 2.28. The minimum Gasteiger partial charge on any atom is -0.258 e. The molecule has 0 amide bonds. The molecule has 6 heteroatoms. The van der Waals surface area contributed by atoms with Crippen molar-refractivity contribution in [3.05, 3.63) is 21.7 Å². The van der Waals surface area contributed by atoms with E-state index in [2.05, 4.69) is 9.97 Å². The molecule has 14 heavy (non-hydrogen) atoms. The van der Waals surface area contributed by atoms with E-state index in [1.165, 1.54) is 0 Å². The van der Waals surface area contributed by atoms with Gasteiger partial charge in [0.1, 0.15) is 5.15 Å². The third-order valence-electron chi connectivity index (χ3n) is 2.34. The fraction of sp³-hybridized carbons (Fsp3) is 0.500. The Labute approximate surface area is 94.3 Å². The number of halogens is 2. The van der Waals surface area contributed by atoms with Gasteiger partial charge in [0.15, 0.2) is 0 Å². The topological polar surface area (TPSA) is 42.9 Å². The number of hydrogen-bond donors (Lipinski definition) is 0. The molecule has 0 N–H and O–H groups in total. The van der Waals surface area contributed by atoms with Crippen LogP contribution in [0.4, 0.5) is 0 Å². The smallest absolute Gasteiger partial charge is 0.224 e. The summed E-state index contributed by atoms with van der Waals surface area (Å²) >= 11 is 11.6. The second-order valence-electron chi connectivity index (χ2n) is 3.61. The summed E-state index contributed by atoms with van der Waals surface area (Å²) in [6.07, 6.45) is 0. The van der Waals surface area contributed by atoms with E-state index in [-0.39, 0.29) is 5.28 Å². The molecule has 1 atom stereocenters. The molecule has 0 spiro atoms. The molecule has 2 rings (SSSR count). The van der Waals surface area contributed by atoms with Gasteiger partial charge < -0.3 is 0 Å². The highest BCUT2D eigenvalue weighted by Crippen LogP contribution is 2.40. The number of hydrogen-bond acceptors (Lipinski definition) is 3. The molecule has 1 aliphatic rings. The Balaban J connectivity index is 2.71. The first-order valence-corrected chi connectivity index (χ1v) is 6.11. The van der Waals surface area contributed by atoms with Crippen molar-refractivity contribution in [2.75, 3.05) is 0 Å². The van der Waals surface area contributed by atoms with Gasteiger partial charge in [-0.05, 0) is 25.4 Å². The van der Waals surface area contributed by atoms with Crippen LogP contribution < -0.4 is 0 Å². The SMILES string of the molecule is CC1(C)c2nc(Cl)nc(Cl)c2CS1=O. The Kier molecular flexibility index (Phi) is 2.33. The summed E-state index contributed by atoms with van der Waals surface area (Å²) < 4.78 is 11.3. The number of aromatic nitrogens is 2.